The molecule has 3 N–H and O–H groups in total. The van der Waals surface area contributed by atoms with Crippen molar-refractivity contribution in [1.82, 2.24) is 4.98 Å². The number of carbonyl (C=O) groups is 2. The molecule has 3 rings (SSSR count). The molecule has 1 aliphatic heterocycles. The smallest absolute Gasteiger partial charge is 0.256 e. The number of fused-ring (bicyclic) bond motifs is 1. The van der Waals surface area contributed by atoms with Crippen molar-refractivity contribution >= 4 is 40.5 Å². The van der Waals surface area contributed by atoms with E-state index in [1.165, 1.54) is 6.92 Å². The number of rotatable bonds is 5. The molecule has 1 aromatic carbocycles. The Morgan fingerprint density at radius 1 is 1.28 bits per heavy atom. The summed E-state index contributed by atoms with van der Waals surface area (Å²) in [5, 5.41) is 5.75. The van der Waals surface area contributed by atoms with Crippen molar-refractivity contribution in [3.8, 4) is 0 Å². The van der Waals surface area contributed by atoms with Gasteiger partial charge in [0, 0.05) is 37.5 Å². The molecule has 25 heavy (non-hydrogen) atoms. The number of nitrogens with one attached hydrogen (secondary N) is 3. The van der Waals surface area contributed by atoms with Crippen LogP contribution in [0.3, 0.4) is 0 Å². The van der Waals surface area contributed by atoms with Crippen LogP contribution in [0.15, 0.2) is 30.5 Å². The number of anilines is 3. The van der Waals surface area contributed by atoms with Gasteiger partial charge in [0.05, 0.1) is 22.6 Å². The van der Waals surface area contributed by atoms with Gasteiger partial charge in [-0.25, -0.2) is 0 Å². The van der Waals surface area contributed by atoms with Gasteiger partial charge in [-0.05, 0) is 44.2 Å². The second-order valence-electron chi connectivity index (χ2n) is 5.91. The lowest BCUT2D eigenvalue weighted by Crippen LogP contribution is -2.24. The first-order valence-corrected chi connectivity index (χ1v) is 8.40. The van der Waals surface area contributed by atoms with E-state index in [-0.39, 0.29) is 11.8 Å². The summed E-state index contributed by atoms with van der Waals surface area (Å²) in [4.78, 5) is 29.2. The van der Waals surface area contributed by atoms with Gasteiger partial charge in [0.25, 0.3) is 5.91 Å². The average Bonchev–Trinajstić information content (AvgIpc) is 3.17. The van der Waals surface area contributed by atoms with Gasteiger partial charge in [-0.2, -0.15) is 0 Å². The molecular formula is C19H22N4O2. The molecule has 0 saturated carbocycles. The van der Waals surface area contributed by atoms with Gasteiger partial charge in [-0.3, -0.25) is 9.59 Å². The zero-order valence-electron chi connectivity index (χ0n) is 14.6. The lowest BCUT2D eigenvalue weighted by molar-refractivity contribution is -0.114. The first-order chi connectivity index (χ1) is 12.0. The molecule has 2 heterocycles. The fourth-order valence-electron chi connectivity index (χ4n) is 3.07. The Kier molecular flexibility index (Phi) is 4.61. The number of aromatic nitrogens is 1. The van der Waals surface area contributed by atoms with E-state index in [0.717, 1.165) is 30.0 Å². The highest BCUT2D eigenvalue weighted by Crippen LogP contribution is 2.40. The number of hydrogen-bond acceptors (Lipinski definition) is 3. The summed E-state index contributed by atoms with van der Waals surface area (Å²) in [7, 11) is 0. The van der Waals surface area contributed by atoms with Gasteiger partial charge in [0.15, 0.2) is 0 Å². The van der Waals surface area contributed by atoms with Crippen LogP contribution in [0.1, 0.15) is 32.0 Å². The Balaban J connectivity index is 2.13. The topological polar surface area (TPSA) is 77.2 Å². The highest BCUT2D eigenvalue weighted by molar-refractivity contribution is 6.35. The second kappa shape index (κ2) is 6.84. The molecule has 0 atom stereocenters. The summed E-state index contributed by atoms with van der Waals surface area (Å²) in [6.07, 6.45) is 3.66. The van der Waals surface area contributed by atoms with Gasteiger partial charge in [-0.15, -0.1) is 0 Å². The average molecular weight is 338 g/mol. The summed E-state index contributed by atoms with van der Waals surface area (Å²) in [5.41, 5.74) is 4.65. The first-order valence-electron chi connectivity index (χ1n) is 8.40. The van der Waals surface area contributed by atoms with E-state index in [1.54, 1.807) is 0 Å². The number of H-pyrrole nitrogens is 1. The van der Waals surface area contributed by atoms with Crippen LogP contribution >= 0.6 is 0 Å². The predicted molar refractivity (Wildman–Crippen MR) is 102 cm³/mol. The molecule has 2 amide bonds. The van der Waals surface area contributed by atoms with E-state index in [4.69, 9.17) is 0 Å². The van der Waals surface area contributed by atoms with Crippen LogP contribution in [-0.2, 0) is 9.59 Å². The van der Waals surface area contributed by atoms with Crippen molar-refractivity contribution < 1.29 is 9.59 Å². The third kappa shape index (κ3) is 3.28. The summed E-state index contributed by atoms with van der Waals surface area (Å²) >= 11 is 0. The normalized spacial score (nSPS) is 14.4. The molecule has 0 radical (unpaired) electrons. The van der Waals surface area contributed by atoms with Crippen molar-refractivity contribution in [2.24, 2.45) is 0 Å². The maximum atomic E-state index is 12.4. The molecule has 0 saturated heterocycles. The Hall–Kier alpha value is -3.02. The Bertz CT molecular complexity index is 833. The molecule has 0 bridgehead atoms. The minimum atomic E-state index is -0.143. The Morgan fingerprint density at radius 2 is 2.04 bits per heavy atom. The number of nitrogens with zero attached hydrogens (tertiary/aromatic N) is 1. The lowest BCUT2D eigenvalue weighted by Gasteiger charge is -2.25. The standard InChI is InChI=1S/C19H22N4O2/c1-4-23(5-2)18-10-14-15(9-13-7-6-8-20-13)19(25)22-16(14)11-17(18)21-12(3)24/h6-11,20H,4-5H2,1-3H3,(H,21,24)(H,22,25)/b15-9-. The largest absolute Gasteiger partial charge is 0.370 e. The van der Waals surface area contributed by atoms with Gasteiger partial charge in [-0.1, -0.05) is 0 Å². The van der Waals surface area contributed by atoms with Crippen LogP contribution in [0, 0.1) is 0 Å². The van der Waals surface area contributed by atoms with E-state index in [1.807, 2.05) is 36.5 Å². The molecule has 0 spiro atoms. The summed E-state index contributed by atoms with van der Waals surface area (Å²) in [5.74, 6) is -0.282. The third-order valence-corrected chi connectivity index (χ3v) is 4.26. The van der Waals surface area contributed by atoms with Crippen molar-refractivity contribution in [3.63, 3.8) is 0 Å². The fourth-order valence-corrected chi connectivity index (χ4v) is 3.07. The molecule has 1 aliphatic rings. The van der Waals surface area contributed by atoms with E-state index in [9.17, 15) is 9.59 Å². The van der Waals surface area contributed by atoms with Crippen LogP contribution in [-0.4, -0.2) is 29.9 Å². The third-order valence-electron chi connectivity index (χ3n) is 4.26. The zero-order valence-corrected chi connectivity index (χ0v) is 14.6. The van der Waals surface area contributed by atoms with Crippen LogP contribution in [0.25, 0.3) is 11.6 Å². The number of amides is 2. The van der Waals surface area contributed by atoms with Crippen molar-refractivity contribution in [3.05, 3.63) is 41.7 Å². The minimum Gasteiger partial charge on any atom is -0.370 e. The maximum Gasteiger partial charge on any atom is 0.256 e. The highest BCUT2D eigenvalue weighted by Gasteiger charge is 2.27. The Labute approximate surface area is 146 Å². The fraction of sp³-hybridized carbons (Fsp3) is 0.263. The maximum absolute atomic E-state index is 12.4. The van der Waals surface area contributed by atoms with Crippen molar-refractivity contribution in [1.29, 1.82) is 0 Å². The summed E-state index contributed by atoms with van der Waals surface area (Å²) < 4.78 is 0. The zero-order chi connectivity index (χ0) is 18.0. The molecule has 0 fully saturated rings. The molecule has 130 valence electrons. The van der Waals surface area contributed by atoms with Crippen LogP contribution in [0.5, 0.6) is 0 Å². The van der Waals surface area contributed by atoms with Gasteiger partial charge < -0.3 is 20.5 Å². The summed E-state index contributed by atoms with van der Waals surface area (Å²) in [6, 6.07) is 7.61. The predicted octanol–water partition coefficient (Wildman–Crippen LogP) is 3.31. The first kappa shape index (κ1) is 16.8. The highest BCUT2D eigenvalue weighted by atomic mass is 16.2. The second-order valence-corrected chi connectivity index (χ2v) is 5.91. The molecular weight excluding hydrogens is 316 g/mol. The van der Waals surface area contributed by atoms with Crippen molar-refractivity contribution in [2.45, 2.75) is 20.8 Å². The van der Waals surface area contributed by atoms with E-state index in [0.29, 0.717) is 16.9 Å². The Morgan fingerprint density at radius 3 is 2.64 bits per heavy atom. The van der Waals surface area contributed by atoms with Gasteiger partial charge in [0.2, 0.25) is 5.91 Å². The van der Waals surface area contributed by atoms with Crippen LogP contribution in [0.2, 0.25) is 0 Å². The molecule has 2 aromatic rings. The molecule has 6 heteroatoms. The number of hydrogen-bond donors (Lipinski definition) is 3. The SMILES string of the molecule is CCN(CC)c1cc2c(cc1NC(C)=O)NC(=O)/C2=C\c1ccc[nH]1. The number of benzene rings is 1. The number of carbonyl (C=O) groups excluding carboxylic acids is 2. The van der Waals surface area contributed by atoms with Gasteiger partial charge >= 0.3 is 0 Å². The van der Waals surface area contributed by atoms with E-state index < -0.39 is 0 Å². The monoisotopic (exact) mass is 338 g/mol. The quantitative estimate of drug-likeness (QED) is 0.732. The summed E-state index contributed by atoms with van der Waals surface area (Å²) in [6.45, 7) is 7.22. The minimum absolute atomic E-state index is 0.139. The van der Waals surface area contributed by atoms with Crippen molar-refractivity contribution in [2.75, 3.05) is 28.6 Å². The van der Waals surface area contributed by atoms with Crippen LogP contribution in [0.4, 0.5) is 17.1 Å². The molecule has 0 unspecified atom stereocenters. The molecule has 0 aliphatic carbocycles. The molecule has 1 aromatic heterocycles. The van der Waals surface area contributed by atoms with Gasteiger partial charge in [0.1, 0.15) is 0 Å². The molecule has 6 nitrogen and oxygen atoms in total. The van der Waals surface area contributed by atoms with E-state index >= 15 is 0 Å². The number of aromatic amines is 1. The lowest BCUT2D eigenvalue weighted by atomic mass is 10.0. The van der Waals surface area contributed by atoms with E-state index in [2.05, 4.69) is 34.4 Å². The van der Waals surface area contributed by atoms with Crippen LogP contribution < -0.4 is 15.5 Å².